The van der Waals surface area contributed by atoms with Gasteiger partial charge in [-0.2, -0.15) is 4.79 Å². The maximum Gasteiger partial charge on any atom is 0.444 e. The van der Waals surface area contributed by atoms with E-state index in [9.17, 15) is 14.4 Å². The van der Waals surface area contributed by atoms with Crippen molar-refractivity contribution in [3.63, 3.8) is 0 Å². The van der Waals surface area contributed by atoms with Crippen molar-refractivity contribution in [1.82, 2.24) is 9.80 Å². The molecule has 3 rings (SSSR count). The van der Waals surface area contributed by atoms with Crippen LogP contribution in [-0.2, 0) is 9.59 Å². The first-order valence-corrected chi connectivity index (χ1v) is 8.58. The summed E-state index contributed by atoms with van der Waals surface area (Å²) in [5, 5.41) is 0. The summed E-state index contributed by atoms with van der Waals surface area (Å²) in [5.74, 6) is -1.50. The highest BCUT2D eigenvalue weighted by Gasteiger charge is 2.53. The lowest BCUT2D eigenvalue weighted by atomic mass is 9.91. The Balaban J connectivity index is 1.92. The van der Waals surface area contributed by atoms with E-state index >= 15 is 0 Å². The number of hydrogen-bond donors (Lipinski definition) is 0. The second-order valence-electron chi connectivity index (χ2n) is 6.67. The summed E-state index contributed by atoms with van der Waals surface area (Å²) in [4.78, 5) is 43.1. The third-order valence-electron chi connectivity index (χ3n) is 5.23. The molecule has 0 aromatic rings. The number of carbonyl (C=O) groups excluding carboxylic acids is 3. The Hall–Kier alpha value is -2.01. The molecule has 0 unspecified atom stereocenters. The molecule has 124 valence electrons. The third-order valence-corrected chi connectivity index (χ3v) is 5.23. The molecule has 2 aliphatic carbocycles. The Morgan fingerprint density at radius 1 is 0.739 bits per heavy atom. The van der Waals surface area contributed by atoms with Crippen molar-refractivity contribution in [2.75, 3.05) is 0 Å². The maximum atomic E-state index is 12.9. The van der Waals surface area contributed by atoms with Gasteiger partial charge in [0, 0.05) is 12.1 Å². The number of barbiturate groups is 1. The van der Waals surface area contributed by atoms with Crippen LogP contribution >= 0.6 is 0 Å². The molecule has 0 radical (unpaired) electrons. The van der Waals surface area contributed by atoms with E-state index < -0.39 is 23.6 Å². The highest BCUT2D eigenvalue weighted by atomic mass is 16.2. The van der Waals surface area contributed by atoms with E-state index in [0.29, 0.717) is 0 Å². The van der Waals surface area contributed by atoms with Crippen LogP contribution in [0.2, 0.25) is 0 Å². The zero-order valence-electron chi connectivity index (χ0n) is 13.2. The second-order valence-corrected chi connectivity index (χ2v) is 6.67. The molecule has 1 aliphatic heterocycles. The topological polar surface area (TPSA) is 94.1 Å². The minimum absolute atomic E-state index is 0.195. The van der Waals surface area contributed by atoms with Crippen molar-refractivity contribution in [1.29, 1.82) is 0 Å². The van der Waals surface area contributed by atoms with Gasteiger partial charge in [-0.3, -0.25) is 19.4 Å². The molecular formula is C16H22N4O3. The zero-order valence-corrected chi connectivity index (χ0v) is 13.2. The summed E-state index contributed by atoms with van der Waals surface area (Å²) in [7, 11) is 0. The van der Waals surface area contributed by atoms with E-state index in [4.69, 9.17) is 5.53 Å². The summed E-state index contributed by atoms with van der Waals surface area (Å²) < 4.78 is 0. The summed E-state index contributed by atoms with van der Waals surface area (Å²) in [6.07, 6.45) is 9.06. The van der Waals surface area contributed by atoms with Gasteiger partial charge in [0.05, 0.1) is 0 Å². The standard InChI is InChI=1S/C16H22N4O3/c17-18-13-14(21)19(11-7-3-1-4-8-11)16(23)20(15(13)22)12-9-5-2-6-10-12/h11-12H,1-10H2. The van der Waals surface area contributed by atoms with Crippen LogP contribution in [0.5, 0.6) is 0 Å². The molecule has 0 N–H and O–H groups in total. The summed E-state index contributed by atoms with van der Waals surface area (Å²) in [5.41, 5.74) is 8.60. The SMILES string of the molecule is [N-]=[N+]=C1C(=O)N(C2CCCCC2)C(=O)N(C2CCCCC2)C1=O. The Morgan fingerprint density at radius 3 is 1.48 bits per heavy atom. The van der Waals surface area contributed by atoms with Gasteiger partial charge >= 0.3 is 23.6 Å². The molecule has 0 atom stereocenters. The van der Waals surface area contributed by atoms with Crippen LogP contribution in [0, 0.1) is 0 Å². The number of amides is 4. The number of imide groups is 2. The Kier molecular flexibility index (Phi) is 4.57. The van der Waals surface area contributed by atoms with E-state index in [1.54, 1.807) is 0 Å². The molecule has 23 heavy (non-hydrogen) atoms. The van der Waals surface area contributed by atoms with Crippen LogP contribution in [0.1, 0.15) is 64.2 Å². The van der Waals surface area contributed by atoms with Crippen molar-refractivity contribution in [3.05, 3.63) is 5.53 Å². The van der Waals surface area contributed by atoms with E-state index in [1.165, 1.54) is 9.80 Å². The fourth-order valence-electron chi connectivity index (χ4n) is 4.02. The van der Waals surface area contributed by atoms with Gasteiger partial charge < -0.3 is 5.53 Å². The average Bonchev–Trinajstić information content (AvgIpc) is 2.57. The van der Waals surface area contributed by atoms with Gasteiger partial charge in [-0.25, -0.2) is 4.79 Å². The van der Waals surface area contributed by atoms with Crippen LogP contribution in [0.25, 0.3) is 5.53 Å². The first-order valence-electron chi connectivity index (χ1n) is 8.58. The van der Waals surface area contributed by atoms with Gasteiger partial charge in [-0.15, -0.1) is 0 Å². The molecule has 3 fully saturated rings. The molecule has 4 amide bonds. The highest BCUT2D eigenvalue weighted by Crippen LogP contribution is 2.30. The third kappa shape index (κ3) is 2.81. The first-order chi connectivity index (χ1) is 11.1. The number of hydrogen-bond acceptors (Lipinski definition) is 3. The molecule has 1 saturated heterocycles. The molecule has 0 spiro atoms. The Labute approximate surface area is 135 Å². The summed E-state index contributed by atoms with van der Waals surface area (Å²) in [6, 6.07) is -0.911. The van der Waals surface area contributed by atoms with Crippen LogP contribution in [0.15, 0.2) is 0 Å². The first kappa shape index (κ1) is 15.9. The Morgan fingerprint density at radius 2 is 1.13 bits per heavy atom. The average molecular weight is 318 g/mol. The van der Waals surface area contributed by atoms with E-state index in [1.807, 2.05) is 0 Å². The zero-order chi connectivity index (χ0) is 16.4. The van der Waals surface area contributed by atoms with Gasteiger partial charge in [-0.05, 0) is 25.7 Å². The van der Waals surface area contributed by atoms with Crippen molar-refractivity contribution < 1.29 is 19.2 Å². The molecule has 0 aromatic heterocycles. The molecule has 3 aliphatic rings. The fraction of sp³-hybridized carbons (Fsp3) is 0.750. The number of rotatable bonds is 2. The molecule has 2 saturated carbocycles. The van der Waals surface area contributed by atoms with Gasteiger partial charge in [0.1, 0.15) is 0 Å². The van der Waals surface area contributed by atoms with Crippen LogP contribution in [0.3, 0.4) is 0 Å². The van der Waals surface area contributed by atoms with Crippen molar-refractivity contribution in [2.24, 2.45) is 0 Å². The smallest absolute Gasteiger partial charge is 0.360 e. The summed E-state index contributed by atoms with van der Waals surface area (Å²) in [6.45, 7) is 0. The second kappa shape index (κ2) is 6.62. The lowest BCUT2D eigenvalue weighted by Crippen LogP contribution is -2.65. The predicted molar refractivity (Wildman–Crippen MR) is 81.5 cm³/mol. The van der Waals surface area contributed by atoms with Gasteiger partial charge in [-0.1, -0.05) is 38.5 Å². The largest absolute Gasteiger partial charge is 0.444 e. The van der Waals surface area contributed by atoms with Crippen LogP contribution in [0.4, 0.5) is 4.79 Å². The molecule has 0 bridgehead atoms. The highest BCUT2D eigenvalue weighted by molar-refractivity contribution is 6.66. The lowest BCUT2D eigenvalue weighted by molar-refractivity contribution is -0.141. The molecule has 7 heteroatoms. The number of nitrogens with zero attached hydrogens (tertiary/aromatic N) is 4. The predicted octanol–water partition coefficient (Wildman–Crippen LogP) is 2.11. The van der Waals surface area contributed by atoms with Crippen molar-refractivity contribution in [3.8, 4) is 0 Å². The minimum Gasteiger partial charge on any atom is -0.360 e. The van der Waals surface area contributed by atoms with Gasteiger partial charge in [0.2, 0.25) is 0 Å². The van der Waals surface area contributed by atoms with E-state index in [-0.39, 0.29) is 12.1 Å². The maximum absolute atomic E-state index is 12.9. The fourth-order valence-corrected chi connectivity index (χ4v) is 4.02. The monoisotopic (exact) mass is 318 g/mol. The minimum atomic E-state index is -0.749. The van der Waals surface area contributed by atoms with Crippen LogP contribution < -0.4 is 0 Å². The molecule has 7 nitrogen and oxygen atoms in total. The molecule has 0 aromatic carbocycles. The molecular weight excluding hydrogens is 296 g/mol. The number of carbonyl (C=O) groups is 3. The van der Waals surface area contributed by atoms with Gasteiger partial charge in [0.15, 0.2) is 0 Å². The van der Waals surface area contributed by atoms with Crippen LogP contribution in [-0.4, -0.2) is 50.2 Å². The lowest BCUT2D eigenvalue weighted by Gasteiger charge is -2.40. The summed E-state index contributed by atoms with van der Waals surface area (Å²) >= 11 is 0. The quantitative estimate of drug-likeness (QED) is 0.576. The normalized spacial score (nSPS) is 25.0. The van der Waals surface area contributed by atoms with Crippen molar-refractivity contribution >= 4 is 23.6 Å². The Bertz CT molecular complexity index is 528. The molecule has 1 heterocycles. The van der Waals surface area contributed by atoms with Crippen molar-refractivity contribution in [2.45, 2.75) is 76.3 Å². The van der Waals surface area contributed by atoms with Gasteiger partial charge in [0.25, 0.3) is 0 Å². The van der Waals surface area contributed by atoms with E-state index in [2.05, 4.69) is 4.79 Å². The number of urea groups is 1. The van der Waals surface area contributed by atoms with E-state index in [0.717, 1.165) is 64.2 Å².